The lowest BCUT2D eigenvalue weighted by Crippen LogP contribution is -2.50. The highest BCUT2D eigenvalue weighted by atomic mass is 127. The molecule has 1 atom stereocenters. The molecule has 0 spiro atoms. The minimum Gasteiger partial charge on any atom is -0.385 e. The molecule has 2 saturated heterocycles. The van der Waals surface area contributed by atoms with E-state index in [9.17, 15) is 8.42 Å². The summed E-state index contributed by atoms with van der Waals surface area (Å²) in [6.45, 7) is 4.50. The first-order chi connectivity index (χ1) is 12.5. The lowest BCUT2D eigenvalue weighted by molar-refractivity contribution is 0.00988. The number of guanidine groups is 1. The van der Waals surface area contributed by atoms with E-state index in [1.807, 2.05) is 0 Å². The number of methoxy groups -OCH3 is 1. The third-order valence-electron chi connectivity index (χ3n) is 5.04. The van der Waals surface area contributed by atoms with Gasteiger partial charge in [0.2, 0.25) is 10.0 Å². The van der Waals surface area contributed by atoms with Gasteiger partial charge in [-0.1, -0.05) is 0 Å². The SMILES string of the molecule is CN=C(NC[C@H]1CCCN1S(C)(=O)=O)N1CCC(OCCCOC)CC1.I. The maximum absolute atomic E-state index is 11.9. The third kappa shape index (κ3) is 8.00. The third-order valence-corrected chi connectivity index (χ3v) is 6.38. The summed E-state index contributed by atoms with van der Waals surface area (Å²) >= 11 is 0. The molecule has 2 fully saturated rings. The Bertz CT molecular complexity index is 553. The fourth-order valence-corrected chi connectivity index (χ4v) is 4.86. The quantitative estimate of drug-likeness (QED) is 0.225. The molecule has 0 saturated carbocycles. The summed E-state index contributed by atoms with van der Waals surface area (Å²) in [5.74, 6) is 0.850. The van der Waals surface area contributed by atoms with Crippen molar-refractivity contribution in [3.63, 3.8) is 0 Å². The van der Waals surface area contributed by atoms with E-state index < -0.39 is 10.0 Å². The standard InChI is InChI=1S/C17H34N4O4S.HI/c1-18-17(19-14-15-6-4-9-21(15)26(3,22)23)20-10-7-16(8-11-20)25-13-5-12-24-2;/h15-16H,4-14H2,1-3H3,(H,18,19);1H/t15-;/m1./s1. The van der Waals surface area contributed by atoms with Gasteiger partial charge in [0.25, 0.3) is 0 Å². The minimum absolute atomic E-state index is 0. The first-order valence-corrected chi connectivity index (χ1v) is 11.3. The number of nitrogens with one attached hydrogen (secondary N) is 1. The zero-order chi connectivity index (χ0) is 19.0. The second kappa shape index (κ2) is 12.4. The first-order valence-electron chi connectivity index (χ1n) is 9.48. The van der Waals surface area contributed by atoms with Crippen LogP contribution in [0.15, 0.2) is 4.99 Å². The molecular formula is C17H35IN4O4S. The molecule has 0 amide bonds. The Balaban J connectivity index is 0.00000364. The van der Waals surface area contributed by atoms with Crippen molar-refractivity contribution in [3.8, 4) is 0 Å². The zero-order valence-electron chi connectivity index (χ0n) is 16.7. The number of ether oxygens (including phenoxy) is 2. The van der Waals surface area contributed by atoms with Crippen molar-refractivity contribution in [3.05, 3.63) is 0 Å². The Morgan fingerprint density at radius 1 is 1.19 bits per heavy atom. The summed E-state index contributed by atoms with van der Waals surface area (Å²) in [5.41, 5.74) is 0. The minimum atomic E-state index is -3.14. The molecule has 2 rings (SSSR count). The fraction of sp³-hybridized carbons (Fsp3) is 0.941. The van der Waals surface area contributed by atoms with Gasteiger partial charge in [0.15, 0.2) is 5.96 Å². The Morgan fingerprint density at radius 3 is 2.48 bits per heavy atom. The largest absolute Gasteiger partial charge is 0.385 e. The summed E-state index contributed by atoms with van der Waals surface area (Å²) in [6, 6.07) is 0.0170. The van der Waals surface area contributed by atoms with Gasteiger partial charge in [0, 0.05) is 59.6 Å². The molecule has 160 valence electrons. The van der Waals surface area contributed by atoms with Crippen molar-refractivity contribution in [2.75, 3.05) is 59.8 Å². The molecule has 0 aromatic rings. The molecular weight excluding hydrogens is 483 g/mol. The number of aliphatic imine (C=N–C) groups is 1. The number of rotatable bonds is 8. The first kappa shape index (κ1) is 24.9. The number of halogens is 1. The Kier molecular flexibility index (Phi) is 11.4. The fourth-order valence-electron chi connectivity index (χ4n) is 3.68. The predicted molar refractivity (Wildman–Crippen MR) is 118 cm³/mol. The molecule has 2 aliphatic rings. The molecule has 8 nitrogen and oxygen atoms in total. The molecule has 27 heavy (non-hydrogen) atoms. The molecule has 0 aliphatic carbocycles. The van der Waals surface area contributed by atoms with Gasteiger partial charge in [0.05, 0.1) is 12.4 Å². The Labute approximate surface area is 181 Å². The maximum atomic E-state index is 11.9. The summed E-state index contributed by atoms with van der Waals surface area (Å²) in [4.78, 5) is 6.61. The predicted octanol–water partition coefficient (Wildman–Crippen LogP) is 1.12. The van der Waals surface area contributed by atoms with Gasteiger partial charge < -0.3 is 19.7 Å². The number of likely N-dealkylation sites (tertiary alicyclic amines) is 1. The van der Waals surface area contributed by atoms with Crippen molar-refractivity contribution in [2.45, 2.75) is 44.2 Å². The smallest absolute Gasteiger partial charge is 0.211 e. The van der Waals surface area contributed by atoms with Crippen LogP contribution >= 0.6 is 24.0 Å². The lowest BCUT2D eigenvalue weighted by Gasteiger charge is -2.35. The van der Waals surface area contributed by atoms with Crippen molar-refractivity contribution >= 4 is 40.0 Å². The van der Waals surface area contributed by atoms with Crippen LogP contribution in [0, 0.1) is 0 Å². The zero-order valence-corrected chi connectivity index (χ0v) is 19.9. The summed E-state index contributed by atoms with van der Waals surface area (Å²) in [6.07, 6.45) is 6.30. The van der Waals surface area contributed by atoms with Gasteiger partial charge in [-0.2, -0.15) is 4.31 Å². The van der Waals surface area contributed by atoms with Gasteiger partial charge in [-0.15, -0.1) is 24.0 Å². The molecule has 2 aliphatic heterocycles. The highest BCUT2D eigenvalue weighted by molar-refractivity contribution is 14.0. The van der Waals surface area contributed by atoms with Gasteiger partial charge in [-0.3, -0.25) is 4.99 Å². The maximum Gasteiger partial charge on any atom is 0.211 e. The molecule has 2 heterocycles. The van der Waals surface area contributed by atoms with E-state index in [-0.39, 0.29) is 30.0 Å². The van der Waals surface area contributed by atoms with E-state index in [1.165, 1.54) is 6.26 Å². The van der Waals surface area contributed by atoms with Crippen molar-refractivity contribution in [1.29, 1.82) is 0 Å². The number of sulfonamides is 1. The second-order valence-electron chi connectivity index (χ2n) is 7.00. The Morgan fingerprint density at radius 2 is 1.89 bits per heavy atom. The average Bonchev–Trinajstić information content (AvgIpc) is 3.09. The van der Waals surface area contributed by atoms with Crippen LogP contribution in [-0.4, -0.2) is 95.5 Å². The van der Waals surface area contributed by atoms with E-state index in [2.05, 4.69) is 15.2 Å². The molecule has 10 heteroatoms. The second-order valence-corrected chi connectivity index (χ2v) is 8.94. The highest BCUT2D eigenvalue weighted by Crippen LogP contribution is 2.20. The molecule has 0 aromatic heterocycles. The van der Waals surface area contributed by atoms with E-state index in [0.717, 1.165) is 64.4 Å². The van der Waals surface area contributed by atoms with Crippen molar-refractivity contribution < 1.29 is 17.9 Å². The highest BCUT2D eigenvalue weighted by Gasteiger charge is 2.31. The lowest BCUT2D eigenvalue weighted by atomic mass is 10.1. The number of hydrogen-bond acceptors (Lipinski definition) is 5. The van der Waals surface area contributed by atoms with Crippen LogP contribution in [0.1, 0.15) is 32.1 Å². The summed E-state index contributed by atoms with van der Waals surface area (Å²) in [7, 11) is 0.345. The number of piperidine rings is 1. The average molecular weight is 518 g/mol. The van der Waals surface area contributed by atoms with Gasteiger partial charge in [-0.05, 0) is 32.1 Å². The van der Waals surface area contributed by atoms with Crippen LogP contribution in [0.3, 0.4) is 0 Å². The van der Waals surface area contributed by atoms with Crippen LogP contribution in [-0.2, 0) is 19.5 Å². The van der Waals surface area contributed by atoms with Crippen LogP contribution < -0.4 is 5.32 Å². The van der Waals surface area contributed by atoms with E-state index in [0.29, 0.717) is 19.2 Å². The van der Waals surface area contributed by atoms with Crippen molar-refractivity contribution in [2.24, 2.45) is 4.99 Å². The number of nitrogens with zero attached hydrogens (tertiary/aromatic N) is 3. The molecule has 0 unspecified atom stereocenters. The van der Waals surface area contributed by atoms with Gasteiger partial charge in [0.1, 0.15) is 0 Å². The van der Waals surface area contributed by atoms with Gasteiger partial charge >= 0.3 is 0 Å². The summed E-state index contributed by atoms with van der Waals surface area (Å²) < 4.78 is 36.3. The normalized spacial score (nSPS) is 22.7. The molecule has 0 aromatic carbocycles. The van der Waals surface area contributed by atoms with E-state index in [1.54, 1.807) is 18.5 Å². The summed E-state index contributed by atoms with van der Waals surface area (Å²) in [5, 5.41) is 3.37. The molecule has 0 bridgehead atoms. The van der Waals surface area contributed by atoms with Crippen LogP contribution in [0.5, 0.6) is 0 Å². The van der Waals surface area contributed by atoms with Crippen LogP contribution in [0.4, 0.5) is 0 Å². The van der Waals surface area contributed by atoms with Gasteiger partial charge in [-0.25, -0.2) is 8.42 Å². The van der Waals surface area contributed by atoms with E-state index >= 15 is 0 Å². The van der Waals surface area contributed by atoms with Crippen LogP contribution in [0.25, 0.3) is 0 Å². The molecule has 0 radical (unpaired) electrons. The molecule has 1 N–H and O–H groups in total. The monoisotopic (exact) mass is 518 g/mol. The van der Waals surface area contributed by atoms with Crippen LogP contribution in [0.2, 0.25) is 0 Å². The topological polar surface area (TPSA) is 83.5 Å². The van der Waals surface area contributed by atoms with E-state index in [4.69, 9.17) is 9.47 Å². The van der Waals surface area contributed by atoms with Crippen molar-refractivity contribution in [1.82, 2.24) is 14.5 Å². The Hall–Kier alpha value is -0.170. The number of hydrogen-bond donors (Lipinski definition) is 1.